The molecule has 0 radical (unpaired) electrons. The Morgan fingerprint density at radius 3 is 2.89 bits per heavy atom. The predicted molar refractivity (Wildman–Crippen MR) is 111 cm³/mol. The van der Waals surface area contributed by atoms with Gasteiger partial charge in [0.1, 0.15) is 0 Å². The van der Waals surface area contributed by atoms with E-state index in [2.05, 4.69) is 33.5 Å². The molecule has 4 rings (SSSR count). The van der Waals surface area contributed by atoms with Crippen LogP contribution in [0.5, 0.6) is 0 Å². The maximum atomic E-state index is 12.9. The third-order valence-electron chi connectivity index (χ3n) is 5.29. The average Bonchev–Trinajstić information content (AvgIpc) is 3.27. The summed E-state index contributed by atoms with van der Waals surface area (Å²) in [6.07, 6.45) is 3.54. The number of hydrogen-bond acceptors (Lipinski definition) is 4. The summed E-state index contributed by atoms with van der Waals surface area (Å²) < 4.78 is 0. The number of nitrogens with one attached hydrogen (secondary N) is 1. The van der Waals surface area contributed by atoms with E-state index in [1.54, 1.807) is 11.3 Å². The van der Waals surface area contributed by atoms with Gasteiger partial charge in [-0.15, -0.1) is 11.3 Å². The highest BCUT2D eigenvalue weighted by Crippen LogP contribution is 2.19. The third kappa shape index (κ3) is 4.24. The summed E-state index contributed by atoms with van der Waals surface area (Å²) in [5, 5.41) is 3.27. The lowest BCUT2D eigenvalue weighted by Crippen LogP contribution is -2.46. The van der Waals surface area contributed by atoms with Crippen molar-refractivity contribution in [2.45, 2.75) is 25.4 Å². The zero-order valence-corrected chi connectivity index (χ0v) is 16.3. The van der Waals surface area contributed by atoms with Crippen LogP contribution >= 0.6 is 11.3 Å². The highest BCUT2D eigenvalue weighted by molar-refractivity contribution is 7.09. The van der Waals surface area contributed by atoms with Crippen molar-refractivity contribution in [3.8, 4) is 0 Å². The van der Waals surface area contributed by atoms with Gasteiger partial charge in [0.2, 0.25) is 5.91 Å². The Labute approximate surface area is 163 Å². The normalized spacial score (nSPS) is 17.1. The largest absolute Gasteiger partial charge is 0.361 e. The standard InChI is InChI=1S/C21H26N4OS/c22-19(13-16-14-23-20-7-2-1-6-18(16)20)21(26)25-9-4-8-24(10-11-25)15-17-5-3-12-27-17/h1-3,5-7,12,14,19,23H,4,8-11,13,15,22H2/t19-/m1/s1. The summed E-state index contributed by atoms with van der Waals surface area (Å²) in [6.45, 7) is 4.46. The smallest absolute Gasteiger partial charge is 0.239 e. The minimum absolute atomic E-state index is 0.0678. The van der Waals surface area contributed by atoms with Crippen molar-refractivity contribution >= 4 is 28.1 Å². The van der Waals surface area contributed by atoms with Crippen LogP contribution in [-0.4, -0.2) is 52.9 Å². The number of H-pyrrole nitrogens is 1. The van der Waals surface area contributed by atoms with Crippen LogP contribution in [0.3, 0.4) is 0 Å². The molecule has 1 atom stereocenters. The Morgan fingerprint density at radius 2 is 2.04 bits per heavy atom. The average molecular weight is 383 g/mol. The summed E-state index contributed by atoms with van der Waals surface area (Å²) in [6, 6.07) is 11.9. The van der Waals surface area contributed by atoms with Crippen LogP contribution in [0.25, 0.3) is 10.9 Å². The zero-order valence-electron chi connectivity index (χ0n) is 15.4. The Bertz CT molecular complexity index is 889. The maximum absolute atomic E-state index is 12.9. The van der Waals surface area contributed by atoms with Crippen LogP contribution in [0.1, 0.15) is 16.9 Å². The molecule has 0 unspecified atom stereocenters. The molecule has 142 valence electrons. The van der Waals surface area contributed by atoms with Crippen molar-refractivity contribution in [2.75, 3.05) is 26.2 Å². The number of aromatic amines is 1. The van der Waals surface area contributed by atoms with E-state index in [1.165, 1.54) is 4.88 Å². The van der Waals surface area contributed by atoms with Crippen LogP contribution in [0, 0.1) is 0 Å². The molecule has 0 bridgehead atoms. The van der Waals surface area contributed by atoms with Gasteiger partial charge in [-0.05, 0) is 35.9 Å². The minimum Gasteiger partial charge on any atom is -0.361 e. The van der Waals surface area contributed by atoms with E-state index in [0.29, 0.717) is 6.42 Å². The van der Waals surface area contributed by atoms with Gasteiger partial charge in [-0.1, -0.05) is 24.3 Å². The molecule has 0 aliphatic carbocycles. The molecule has 2 aromatic heterocycles. The lowest BCUT2D eigenvalue weighted by molar-refractivity contribution is -0.132. The second-order valence-electron chi connectivity index (χ2n) is 7.20. The Hall–Kier alpha value is -2.15. The van der Waals surface area contributed by atoms with Gasteiger partial charge in [0.25, 0.3) is 0 Å². The van der Waals surface area contributed by atoms with Gasteiger partial charge in [0.15, 0.2) is 0 Å². The van der Waals surface area contributed by atoms with Crippen molar-refractivity contribution in [1.29, 1.82) is 0 Å². The number of carbonyl (C=O) groups is 1. The number of fused-ring (bicyclic) bond motifs is 1. The predicted octanol–water partition coefficient (Wildman–Crippen LogP) is 2.83. The van der Waals surface area contributed by atoms with Gasteiger partial charge in [-0.25, -0.2) is 0 Å². The van der Waals surface area contributed by atoms with Crippen molar-refractivity contribution in [2.24, 2.45) is 5.73 Å². The number of para-hydroxylation sites is 1. The molecule has 1 fully saturated rings. The molecule has 1 amide bonds. The summed E-state index contributed by atoms with van der Waals surface area (Å²) >= 11 is 1.79. The number of nitrogens with two attached hydrogens (primary N) is 1. The lowest BCUT2D eigenvalue weighted by Gasteiger charge is -2.24. The number of amides is 1. The molecule has 1 aliphatic rings. The quantitative estimate of drug-likeness (QED) is 0.713. The molecule has 0 saturated carbocycles. The molecule has 1 saturated heterocycles. The highest BCUT2D eigenvalue weighted by Gasteiger charge is 2.24. The summed E-state index contributed by atoms with van der Waals surface area (Å²) in [4.78, 5) is 21.9. The zero-order chi connectivity index (χ0) is 18.6. The lowest BCUT2D eigenvalue weighted by atomic mass is 10.0. The molecular formula is C21H26N4OS. The van der Waals surface area contributed by atoms with Crippen molar-refractivity contribution < 1.29 is 4.79 Å². The first-order valence-corrected chi connectivity index (χ1v) is 10.4. The fourth-order valence-corrected chi connectivity index (χ4v) is 4.58. The van der Waals surface area contributed by atoms with E-state index in [-0.39, 0.29) is 5.91 Å². The van der Waals surface area contributed by atoms with E-state index in [4.69, 9.17) is 5.73 Å². The number of thiophene rings is 1. The van der Waals surface area contributed by atoms with Crippen molar-refractivity contribution in [1.82, 2.24) is 14.8 Å². The molecule has 3 aromatic rings. The first-order valence-electron chi connectivity index (χ1n) is 9.55. The first-order chi connectivity index (χ1) is 13.2. The van der Waals surface area contributed by atoms with E-state index in [9.17, 15) is 4.79 Å². The van der Waals surface area contributed by atoms with Gasteiger partial charge in [0.05, 0.1) is 6.04 Å². The number of rotatable bonds is 5. The van der Waals surface area contributed by atoms with Gasteiger partial charge < -0.3 is 15.6 Å². The second kappa shape index (κ2) is 8.25. The fraction of sp³-hybridized carbons (Fsp3) is 0.381. The van der Waals surface area contributed by atoms with Gasteiger partial charge in [-0.3, -0.25) is 9.69 Å². The van der Waals surface area contributed by atoms with Gasteiger partial charge >= 0.3 is 0 Å². The van der Waals surface area contributed by atoms with Gasteiger partial charge in [-0.2, -0.15) is 0 Å². The number of carbonyl (C=O) groups excluding carboxylic acids is 1. The summed E-state index contributed by atoms with van der Waals surface area (Å²) in [5.41, 5.74) is 8.51. The topological polar surface area (TPSA) is 65.4 Å². The molecular weight excluding hydrogens is 356 g/mol. The molecule has 0 spiro atoms. The number of hydrogen-bond donors (Lipinski definition) is 2. The Morgan fingerprint density at radius 1 is 1.15 bits per heavy atom. The van der Waals surface area contributed by atoms with Crippen LogP contribution in [0.2, 0.25) is 0 Å². The third-order valence-corrected chi connectivity index (χ3v) is 6.15. The summed E-state index contributed by atoms with van der Waals surface area (Å²) in [7, 11) is 0. The van der Waals surface area contributed by atoms with Crippen LogP contribution in [-0.2, 0) is 17.8 Å². The highest BCUT2D eigenvalue weighted by atomic mass is 32.1. The Kier molecular flexibility index (Phi) is 5.57. The van der Waals surface area contributed by atoms with E-state index >= 15 is 0 Å². The monoisotopic (exact) mass is 382 g/mol. The number of nitrogens with zero attached hydrogens (tertiary/aromatic N) is 2. The minimum atomic E-state index is -0.493. The van der Waals surface area contributed by atoms with E-state index in [0.717, 1.165) is 55.6 Å². The van der Waals surface area contributed by atoms with E-state index < -0.39 is 6.04 Å². The van der Waals surface area contributed by atoms with Crippen molar-refractivity contribution in [3.63, 3.8) is 0 Å². The second-order valence-corrected chi connectivity index (χ2v) is 8.24. The Balaban J connectivity index is 1.35. The first kappa shape index (κ1) is 18.2. The summed E-state index contributed by atoms with van der Waals surface area (Å²) in [5.74, 6) is 0.0678. The molecule has 3 heterocycles. The molecule has 3 N–H and O–H groups in total. The molecule has 1 aromatic carbocycles. The van der Waals surface area contributed by atoms with Crippen molar-refractivity contribution in [3.05, 3.63) is 58.4 Å². The molecule has 5 nitrogen and oxygen atoms in total. The maximum Gasteiger partial charge on any atom is 0.239 e. The SMILES string of the molecule is N[C@H](Cc1c[nH]c2ccccc12)C(=O)N1CCCN(Cc2cccs2)CC1. The number of benzene rings is 1. The van der Waals surface area contributed by atoms with Crippen LogP contribution < -0.4 is 5.73 Å². The van der Waals surface area contributed by atoms with E-state index in [1.807, 2.05) is 29.3 Å². The molecule has 1 aliphatic heterocycles. The number of aromatic nitrogens is 1. The fourth-order valence-electron chi connectivity index (χ4n) is 3.83. The molecule has 6 heteroatoms. The van der Waals surface area contributed by atoms with Crippen LogP contribution in [0.4, 0.5) is 0 Å². The molecule has 27 heavy (non-hydrogen) atoms. The van der Waals surface area contributed by atoms with Gasteiger partial charge in [0, 0.05) is 54.7 Å². The van der Waals surface area contributed by atoms with Crippen LogP contribution in [0.15, 0.2) is 48.0 Å².